The number of piperidine rings is 2. The maximum absolute atomic E-state index is 13.4. The van der Waals surface area contributed by atoms with Crippen molar-refractivity contribution in [3.63, 3.8) is 0 Å². The maximum Gasteiger partial charge on any atom is 0.410 e. The van der Waals surface area contributed by atoms with Gasteiger partial charge < -0.3 is 9.64 Å². The van der Waals surface area contributed by atoms with Gasteiger partial charge in [0.1, 0.15) is 0 Å². The molecule has 2 saturated heterocycles. The topological polar surface area (TPSA) is 32.8 Å². The largest absolute Gasteiger partial charge is 0.447 e. The Bertz CT molecular complexity index is 343. The summed E-state index contributed by atoms with van der Waals surface area (Å²) in [6.07, 6.45) is 1.65. The van der Waals surface area contributed by atoms with Crippen molar-refractivity contribution in [2.75, 3.05) is 26.2 Å². The highest BCUT2D eigenvalue weighted by molar-refractivity contribution is 5.67. The second kappa shape index (κ2) is 8.65. The minimum absolute atomic E-state index is 0.00304. The normalized spacial score (nSPS) is 23.0. The molecule has 0 unspecified atom stereocenters. The average molecular weight is 320 g/mol. The Labute approximate surface area is 132 Å². The van der Waals surface area contributed by atoms with E-state index < -0.39 is 5.92 Å². The molecule has 130 valence electrons. The third kappa shape index (κ3) is 5.71. The third-order valence-corrected chi connectivity index (χ3v) is 4.00. The lowest BCUT2D eigenvalue weighted by molar-refractivity contribution is -0.0805. The van der Waals surface area contributed by atoms with Crippen LogP contribution in [0.15, 0.2) is 0 Å². The Morgan fingerprint density at radius 2 is 1.77 bits per heavy atom. The molecule has 2 aliphatic rings. The van der Waals surface area contributed by atoms with Gasteiger partial charge in [-0.2, -0.15) is 0 Å². The standard InChI is InChI=1S/C14H24F2N2O2.C2H6/c1-11(2)20-13(19)17-8-4-12(5-9-17)18-7-3-6-14(15,16)10-18;1-2/h11-12H,3-10H2,1-2H3;1-2H3. The summed E-state index contributed by atoms with van der Waals surface area (Å²) in [5, 5.41) is 0. The van der Waals surface area contributed by atoms with Gasteiger partial charge >= 0.3 is 6.09 Å². The van der Waals surface area contributed by atoms with E-state index in [4.69, 9.17) is 4.74 Å². The van der Waals surface area contributed by atoms with Crippen molar-refractivity contribution in [2.24, 2.45) is 0 Å². The summed E-state index contributed by atoms with van der Waals surface area (Å²) in [6.45, 7) is 9.45. The molecule has 22 heavy (non-hydrogen) atoms. The SMILES string of the molecule is CC.CC(C)OC(=O)N1CCC(N2CCCC(F)(F)C2)CC1. The van der Waals surface area contributed by atoms with Crippen molar-refractivity contribution < 1.29 is 18.3 Å². The second-order valence-electron chi connectivity index (χ2n) is 6.08. The number of hydrogen-bond acceptors (Lipinski definition) is 3. The van der Waals surface area contributed by atoms with Crippen LogP contribution in [-0.4, -0.2) is 60.1 Å². The van der Waals surface area contributed by atoms with Gasteiger partial charge in [0, 0.05) is 25.6 Å². The summed E-state index contributed by atoms with van der Waals surface area (Å²) in [7, 11) is 0. The molecule has 0 saturated carbocycles. The fourth-order valence-electron chi connectivity index (χ4n) is 3.00. The zero-order valence-electron chi connectivity index (χ0n) is 14.3. The van der Waals surface area contributed by atoms with Gasteiger partial charge in [-0.05, 0) is 39.7 Å². The van der Waals surface area contributed by atoms with Crippen LogP contribution in [0.5, 0.6) is 0 Å². The lowest BCUT2D eigenvalue weighted by Gasteiger charge is -2.41. The summed E-state index contributed by atoms with van der Waals surface area (Å²) in [5.74, 6) is -2.55. The number of nitrogens with zero attached hydrogens (tertiary/aromatic N) is 2. The van der Waals surface area contributed by atoms with E-state index in [0.29, 0.717) is 19.5 Å². The number of carbonyl (C=O) groups excluding carboxylic acids is 1. The number of amides is 1. The van der Waals surface area contributed by atoms with Gasteiger partial charge in [0.15, 0.2) is 0 Å². The lowest BCUT2D eigenvalue weighted by atomic mass is 9.99. The van der Waals surface area contributed by atoms with Crippen molar-refractivity contribution in [1.82, 2.24) is 9.80 Å². The molecule has 2 aliphatic heterocycles. The molecular formula is C16H30F2N2O2. The summed E-state index contributed by atoms with van der Waals surface area (Å²) >= 11 is 0. The zero-order chi connectivity index (χ0) is 16.8. The smallest absolute Gasteiger partial charge is 0.410 e. The van der Waals surface area contributed by atoms with Crippen molar-refractivity contribution in [3.8, 4) is 0 Å². The molecule has 0 bridgehead atoms. The average Bonchev–Trinajstić information content (AvgIpc) is 2.48. The lowest BCUT2D eigenvalue weighted by Crippen LogP contribution is -2.52. The van der Waals surface area contributed by atoms with Crippen LogP contribution in [0.2, 0.25) is 0 Å². The summed E-state index contributed by atoms with van der Waals surface area (Å²) in [6, 6.07) is 0.171. The molecule has 0 N–H and O–H groups in total. The van der Waals surface area contributed by atoms with E-state index in [1.165, 1.54) is 0 Å². The van der Waals surface area contributed by atoms with Crippen LogP contribution in [0, 0.1) is 0 Å². The number of alkyl halides is 2. The predicted octanol–water partition coefficient (Wildman–Crippen LogP) is 3.75. The number of rotatable bonds is 2. The van der Waals surface area contributed by atoms with Gasteiger partial charge in [-0.1, -0.05) is 13.8 Å². The predicted molar refractivity (Wildman–Crippen MR) is 83.3 cm³/mol. The van der Waals surface area contributed by atoms with Crippen LogP contribution in [0.25, 0.3) is 0 Å². The first-order valence-electron chi connectivity index (χ1n) is 8.45. The number of ether oxygens (including phenoxy) is 1. The van der Waals surface area contributed by atoms with Crippen molar-refractivity contribution in [2.45, 2.75) is 71.4 Å². The number of hydrogen-bond donors (Lipinski definition) is 0. The summed E-state index contributed by atoms with van der Waals surface area (Å²) < 4.78 is 32.0. The van der Waals surface area contributed by atoms with Crippen LogP contribution in [0.1, 0.15) is 53.4 Å². The van der Waals surface area contributed by atoms with E-state index in [1.54, 1.807) is 4.90 Å². The molecule has 0 aromatic heterocycles. The monoisotopic (exact) mass is 320 g/mol. The van der Waals surface area contributed by atoms with Crippen LogP contribution in [0.3, 0.4) is 0 Å². The van der Waals surface area contributed by atoms with E-state index in [1.807, 2.05) is 32.6 Å². The summed E-state index contributed by atoms with van der Waals surface area (Å²) in [4.78, 5) is 15.3. The highest BCUT2D eigenvalue weighted by Crippen LogP contribution is 2.30. The zero-order valence-corrected chi connectivity index (χ0v) is 14.3. The van der Waals surface area contributed by atoms with E-state index in [2.05, 4.69) is 0 Å². The number of likely N-dealkylation sites (tertiary alicyclic amines) is 2. The fraction of sp³-hybridized carbons (Fsp3) is 0.938. The third-order valence-electron chi connectivity index (χ3n) is 4.00. The Morgan fingerprint density at radius 3 is 2.27 bits per heavy atom. The first-order chi connectivity index (χ1) is 10.4. The molecule has 6 heteroatoms. The Kier molecular flexibility index (Phi) is 7.53. The molecular weight excluding hydrogens is 290 g/mol. The van der Waals surface area contributed by atoms with E-state index in [-0.39, 0.29) is 31.2 Å². The Balaban J connectivity index is 0.00000116. The minimum atomic E-state index is -2.55. The molecule has 0 aromatic rings. The van der Waals surface area contributed by atoms with Gasteiger partial charge in [0.05, 0.1) is 12.6 Å². The molecule has 1 amide bonds. The van der Waals surface area contributed by atoms with Crippen LogP contribution >= 0.6 is 0 Å². The quantitative estimate of drug-likeness (QED) is 0.777. The van der Waals surface area contributed by atoms with E-state index in [9.17, 15) is 13.6 Å². The molecule has 2 rings (SSSR count). The molecule has 2 heterocycles. The first-order valence-corrected chi connectivity index (χ1v) is 8.45. The molecule has 2 fully saturated rings. The van der Waals surface area contributed by atoms with Crippen LogP contribution in [0.4, 0.5) is 13.6 Å². The highest BCUT2D eigenvalue weighted by atomic mass is 19.3. The van der Waals surface area contributed by atoms with Gasteiger partial charge in [0.25, 0.3) is 5.92 Å². The van der Waals surface area contributed by atoms with E-state index >= 15 is 0 Å². The van der Waals surface area contributed by atoms with Crippen molar-refractivity contribution >= 4 is 6.09 Å². The second-order valence-corrected chi connectivity index (χ2v) is 6.08. The van der Waals surface area contributed by atoms with Crippen LogP contribution < -0.4 is 0 Å². The van der Waals surface area contributed by atoms with Crippen molar-refractivity contribution in [1.29, 1.82) is 0 Å². The highest BCUT2D eigenvalue weighted by Gasteiger charge is 2.38. The van der Waals surface area contributed by atoms with Crippen molar-refractivity contribution in [3.05, 3.63) is 0 Å². The molecule has 0 atom stereocenters. The molecule has 0 aromatic carbocycles. The molecule has 0 radical (unpaired) electrons. The Hall–Kier alpha value is -0.910. The van der Waals surface area contributed by atoms with Crippen LogP contribution in [-0.2, 0) is 4.74 Å². The van der Waals surface area contributed by atoms with Gasteiger partial charge in [0.2, 0.25) is 0 Å². The van der Waals surface area contributed by atoms with Gasteiger partial charge in [-0.15, -0.1) is 0 Å². The maximum atomic E-state index is 13.4. The molecule has 4 nitrogen and oxygen atoms in total. The van der Waals surface area contributed by atoms with Gasteiger partial charge in [-0.3, -0.25) is 4.90 Å². The number of halogens is 2. The first kappa shape index (κ1) is 19.1. The minimum Gasteiger partial charge on any atom is -0.447 e. The fourth-order valence-corrected chi connectivity index (χ4v) is 3.00. The molecule has 0 spiro atoms. The Morgan fingerprint density at radius 1 is 1.18 bits per heavy atom. The number of carbonyl (C=O) groups is 1. The molecule has 0 aliphatic carbocycles. The van der Waals surface area contributed by atoms with Gasteiger partial charge in [-0.25, -0.2) is 13.6 Å². The van der Waals surface area contributed by atoms with E-state index in [0.717, 1.165) is 19.4 Å². The summed E-state index contributed by atoms with van der Waals surface area (Å²) in [5.41, 5.74) is 0.